The Labute approximate surface area is 127 Å². The van der Waals surface area contributed by atoms with Gasteiger partial charge >= 0.3 is 5.69 Å². The van der Waals surface area contributed by atoms with Gasteiger partial charge in [0.1, 0.15) is 11.6 Å². The zero-order valence-corrected chi connectivity index (χ0v) is 12.5. The third-order valence-corrected chi connectivity index (χ3v) is 2.85. The Morgan fingerprint density at radius 1 is 1.41 bits per heavy atom. The summed E-state index contributed by atoms with van der Waals surface area (Å²) in [4.78, 5) is 19.2. The Kier molecular flexibility index (Phi) is 5.29. The van der Waals surface area contributed by atoms with Crippen molar-refractivity contribution in [1.29, 1.82) is 0 Å². The Hall–Kier alpha value is -2.64. The molecule has 0 amide bonds. The fourth-order valence-corrected chi connectivity index (χ4v) is 1.92. The third kappa shape index (κ3) is 3.72. The van der Waals surface area contributed by atoms with Crippen molar-refractivity contribution in [3.63, 3.8) is 0 Å². The van der Waals surface area contributed by atoms with Gasteiger partial charge in [-0.15, -0.1) is 0 Å². The van der Waals surface area contributed by atoms with Crippen molar-refractivity contribution in [1.82, 2.24) is 9.97 Å². The number of nitrogens with one attached hydrogen (secondary N) is 1. The maximum Gasteiger partial charge on any atom is 0.372 e. The van der Waals surface area contributed by atoms with Crippen molar-refractivity contribution in [2.45, 2.75) is 33.2 Å². The van der Waals surface area contributed by atoms with E-state index in [4.69, 9.17) is 9.15 Å². The summed E-state index contributed by atoms with van der Waals surface area (Å²) in [5.74, 6) is 1.30. The van der Waals surface area contributed by atoms with Crippen LogP contribution in [0, 0.1) is 10.1 Å². The molecule has 0 aliphatic rings. The highest BCUT2D eigenvalue weighted by Gasteiger charge is 2.26. The fourth-order valence-electron chi connectivity index (χ4n) is 1.92. The number of hydrogen-bond acceptors (Lipinski definition) is 7. The van der Waals surface area contributed by atoms with E-state index in [2.05, 4.69) is 15.3 Å². The standard InChI is InChI=1S/C14H18N4O4/c1-3-6-11-16-13(15-9-10-7-5-8-22-10)12(18(19)20)14(17-11)21-4-2/h5,7-8H,3-4,6,9H2,1-2H3,(H,15,16,17). The second-order valence-electron chi connectivity index (χ2n) is 4.52. The summed E-state index contributed by atoms with van der Waals surface area (Å²) in [6, 6.07) is 3.52. The SMILES string of the molecule is CCCc1nc(NCc2ccco2)c([N+](=O)[O-])c(OCC)n1. The molecule has 0 unspecified atom stereocenters. The van der Waals surface area contributed by atoms with Crippen molar-refractivity contribution < 1.29 is 14.1 Å². The van der Waals surface area contributed by atoms with E-state index in [0.29, 0.717) is 31.2 Å². The van der Waals surface area contributed by atoms with Crippen LogP contribution < -0.4 is 10.1 Å². The summed E-state index contributed by atoms with van der Waals surface area (Å²) in [6.45, 7) is 4.32. The minimum atomic E-state index is -0.537. The Morgan fingerprint density at radius 3 is 2.82 bits per heavy atom. The number of anilines is 1. The minimum Gasteiger partial charge on any atom is -0.473 e. The van der Waals surface area contributed by atoms with Crippen molar-refractivity contribution in [2.75, 3.05) is 11.9 Å². The number of furan rings is 1. The molecule has 0 saturated heterocycles. The largest absolute Gasteiger partial charge is 0.473 e. The van der Waals surface area contributed by atoms with E-state index in [1.54, 1.807) is 25.3 Å². The summed E-state index contributed by atoms with van der Waals surface area (Å²) in [5, 5.41) is 14.3. The first-order chi connectivity index (χ1) is 10.7. The second-order valence-corrected chi connectivity index (χ2v) is 4.52. The monoisotopic (exact) mass is 306 g/mol. The number of aryl methyl sites for hydroxylation is 1. The normalized spacial score (nSPS) is 10.5. The molecule has 0 fully saturated rings. The lowest BCUT2D eigenvalue weighted by atomic mass is 10.3. The quantitative estimate of drug-likeness (QED) is 0.590. The number of aromatic nitrogens is 2. The van der Waals surface area contributed by atoms with E-state index in [-0.39, 0.29) is 17.4 Å². The highest BCUT2D eigenvalue weighted by Crippen LogP contribution is 2.32. The highest BCUT2D eigenvalue weighted by atomic mass is 16.6. The Balaban J connectivity index is 2.35. The Morgan fingerprint density at radius 2 is 2.23 bits per heavy atom. The van der Waals surface area contributed by atoms with Gasteiger partial charge in [0.15, 0.2) is 0 Å². The molecule has 1 N–H and O–H groups in total. The van der Waals surface area contributed by atoms with E-state index < -0.39 is 4.92 Å². The maximum atomic E-state index is 11.3. The van der Waals surface area contributed by atoms with Gasteiger partial charge in [-0.2, -0.15) is 4.98 Å². The first kappa shape index (κ1) is 15.7. The fraction of sp³-hybridized carbons (Fsp3) is 0.429. The van der Waals surface area contributed by atoms with Gasteiger partial charge in [0.2, 0.25) is 5.82 Å². The maximum absolute atomic E-state index is 11.3. The van der Waals surface area contributed by atoms with E-state index in [1.807, 2.05) is 6.92 Å². The van der Waals surface area contributed by atoms with Gasteiger partial charge in [-0.3, -0.25) is 10.1 Å². The van der Waals surface area contributed by atoms with Crippen LogP contribution in [0.15, 0.2) is 22.8 Å². The second kappa shape index (κ2) is 7.39. The molecule has 2 aromatic rings. The number of ether oxygens (including phenoxy) is 1. The molecule has 8 nitrogen and oxygen atoms in total. The van der Waals surface area contributed by atoms with Crippen molar-refractivity contribution in [3.8, 4) is 5.88 Å². The molecule has 0 spiro atoms. The molecule has 0 saturated carbocycles. The van der Waals surface area contributed by atoms with Crippen molar-refractivity contribution in [3.05, 3.63) is 40.1 Å². The lowest BCUT2D eigenvalue weighted by molar-refractivity contribution is -0.385. The molecule has 118 valence electrons. The van der Waals surface area contributed by atoms with Crippen LogP contribution in [0.1, 0.15) is 31.9 Å². The molecular weight excluding hydrogens is 288 g/mol. The van der Waals surface area contributed by atoms with E-state index in [0.717, 1.165) is 6.42 Å². The highest BCUT2D eigenvalue weighted by molar-refractivity contribution is 5.61. The molecule has 2 rings (SSSR count). The summed E-state index contributed by atoms with van der Waals surface area (Å²) in [7, 11) is 0. The van der Waals surface area contributed by atoms with Gasteiger partial charge in [-0.05, 0) is 25.5 Å². The topological polar surface area (TPSA) is 103 Å². The van der Waals surface area contributed by atoms with E-state index in [1.165, 1.54) is 0 Å². The van der Waals surface area contributed by atoms with Crippen LogP contribution in [0.2, 0.25) is 0 Å². The average molecular weight is 306 g/mol. The summed E-state index contributed by atoms with van der Waals surface area (Å²) < 4.78 is 10.5. The minimum absolute atomic E-state index is 0.00658. The van der Waals surface area contributed by atoms with Gasteiger partial charge in [-0.25, -0.2) is 4.98 Å². The molecule has 22 heavy (non-hydrogen) atoms. The predicted molar refractivity (Wildman–Crippen MR) is 79.9 cm³/mol. The predicted octanol–water partition coefficient (Wildman–Crippen LogP) is 2.94. The van der Waals surface area contributed by atoms with Crippen LogP contribution in [0.4, 0.5) is 11.5 Å². The summed E-state index contributed by atoms with van der Waals surface area (Å²) >= 11 is 0. The summed E-state index contributed by atoms with van der Waals surface area (Å²) in [6.07, 6.45) is 2.99. The molecule has 2 heterocycles. The molecule has 0 aliphatic heterocycles. The van der Waals surface area contributed by atoms with Crippen molar-refractivity contribution in [2.24, 2.45) is 0 Å². The van der Waals surface area contributed by atoms with E-state index in [9.17, 15) is 10.1 Å². The molecular formula is C14H18N4O4. The van der Waals surface area contributed by atoms with Crippen LogP contribution >= 0.6 is 0 Å². The molecule has 0 atom stereocenters. The third-order valence-electron chi connectivity index (χ3n) is 2.85. The molecule has 0 aliphatic carbocycles. The zero-order valence-electron chi connectivity index (χ0n) is 12.5. The van der Waals surface area contributed by atoms with Crippen LogP contribution in [0.25, 0.3) is 0 Å². The lowest BCUT2D eigenvalue weighted by Gasteiger charge is -2.10. The van der Waals surface area contributed by atoms with Gasteiger partial charge < -0.3 is 14.5 Å². The number of hydrogen-bond donors (Lipinski definition) is 1. The Bertz CT molecular complexity index is 628. The van der Waals surface area contributed by atoms with E-state index >= 15 is 0 Å². The molecule has 8 heteroatoms. The first-order valence-corrected chi connectivity index (χ1v) is 7.10. The lowest BCUT2D eigenvalue weighted by Crippen LogP contribution is -2.10. The number of rotatable bonds is 8. The van der Waals surface area contributed by atoms with Crippen molar-refractivity contribution >= 4 is 11.5 Å². The molecule has 2 aromatic heterocycles. The van der Waals surface area contributed by atoms with Gasteiger partial charge in [0, 0.05) is 6.42 Å². The van der Waals surface area contributed by atoms with Gasteiger partial charge in [0.05, 0.1) is 24.3 Å². The molecule has 0 aromatic carbocycles. The van der Waals surface area contributed by atoms with Gasteiger partial charge in [-0.1, -0.05) is 6.92 Å². The molecule has 0 radical (unpaired) electrons. The first-order valence-electron chi connectivity index (χ1n) is 7.10. The van der Waals surface area contributed by atoms with Crippen LogP contribution in [0.5, 0.6) is 5.88 Å². The number of nitrogens with zero attached hydrogens (tertiary/aromatic N) is 3. The van der Waals surface area contributed by atoms with Gasteiger partial charge in [0.25, 0.3) is 5.88 Å². The molecule has 0 bridgehead atoms. The van der Waals surface area contributed by atoms with Crippen LogP contribution in [-0.2, 0) is 13.0 Å². The number of nitro groups is 1. The zero-order chi connectivity index (χ0) is 15.9. The average Bonchev–Trinajstić information content (AvgIpc) is 2.98. The van der Waals surface area contributed by atoms with Crippen LogP contribution in [-0.4, -0.2) is 21.5 Å². The van der Waals surface area contributed by atoms with Crippen LogP contribution in [0.3, 0.4) is 0 Å². The summed E-state index contributed by atoms with van der Waals surface area (Å²) in [5.41, 5.74) is -0.256. The smallest absolute Gasteiger partial charge is 0.372 e.